The van der Waals surface area contributed by atoms with Crippen molar-refractivity contribution in [2.24, 2.45) is 0 Å². The third kappa shape index (κ3) is 2.27. The van der Waals surface area contributed by atoms with E-state index in [1.54, 1.807) is 0 Å². The summed E-state index contributed by atoms with van der Waals surface area (Å²) in [4.78, 5) is 14.1. The number of nitrogens with zero attached hydrogens (tertiary/aromatic N) is 1. The summed E-state index contributed by atoms with van der Waals surface area (Å²) in [6, 6.07) is 1.18. The highest BCUT2D eigenvalue weighted by Crippen LogP contribution is 2.27. The van der Waals surface area contributed by atoms with Gasteiger partial charge < -0.3 is 0 Å². The molecular weight excluding hydrogens is 279 g/mol. The van der Waals surface area contributed by atoms with E-state index in [1.165, 1.54) is 6.07 Å². The van der Waals surface area contributed by atoms with Crippen molar-refractivity contribution in [3.8, 4) is 0 Å². The predicted octanol–water partition coefficient (Wildman–Crippen LogP) is 3.38. The van der Waals surface area contributed by atoms with Crippen LogP contribution in [0.1, 0.15) is 28.0 Å². The van der Waals surface area contributed by atoms with Gasteiger partial charge in [0.25, 0.3) is 6.43 Å². The van der Waals surface area contributed by atoms with Crippen LogP contribution in [0, 0.1) is 0 Å². The summed E-state index contributed by atoms with van der Waals surface area (Å²) in [5.41, 5.74) is 0.127. The molecule has 0 fully saturated rings. The molecule has 1 rings (SSSR count). The minimum atomic E-state index is -2.69. The van der Waals surface area contributed by atoms with E-state index in [1.807, 2.05) is 0 Å². The van der Waals surface area contributed by atoms with Crippen molar-refractivity contribution in [3.05, 3.63) is 28.0 Å². The second kappa shape index (κ2) is 4.79. The molecule has 0 bridgehead atoms. The van der Waals surface area contributed by atoms with Gasteiger partial charge in [-0.3, -0.25) is 4.79 Å². The van der Waals surface area contributed by atoms with Crippen LogP contribution in [0.2, 0.25) is 5.15 Å². The number of aldehydes is 1. The lowest BCUT2D eigenvalue weighted by atomic mass is 10.1. The van der Waals surface area contributed by atoms with Crippen molar-refractivity contribution < 1.29 is 13.6 Å². The molecule has 0 N–H and O–H groups in total. The van der Waals surface area contributed by atoms with E-state index in [4.69, 9.17) is 11.6 Å². The van der Waals surface area contributed by atoms with Crippen LogP contribution in [0.15, 0.2) is 6.07 Å². The maximum atomic E-state index is 12.4. The van der Waals surface area contributed by atoms with Gasteiger partial charge in [-0.05, 0) is 11.6 Å². The monoisotopic (exact) mass is 283 g/mol. The van der Waals surface area contributed by atoms with Crippen LogP contribution in [0.5, 0.6) is 0 Å². The number of alkyl halides is 3. The summed E-state index contributed by atoms with van der Waals surface area (Å²) in [5.74, 6) is 0. The lowest BCUT2D eigenvalue weighted by Crippen LogP contribution is -1.99. The van der Waals surface area contributed by atoms with Crippen LogP contribution >= 0.6 is 27.5 Å². The van der Waals surface area contributed by atoms with E-state index < -0.39 is 6.43 Å². The zero-order valence-corrected chi connectivity index (χ0v) is 9.15. The lowest BCUT2D eigenvalue weighted by molar-refractivity contribution is 0.111. The number of rotatable bonds is 3. The molecule has 0 saturated carbocycles. The highest BCUT2D eigenvalue weighted by atomic mass is 79.9. The van der Waals surface area contributed by atoms with Gasteiger partial charge in [0.15, 0.2) is 6.29 Å². The third-order valence-electron chi connectivity index (χ3n) is 1.61. The molecule has 0 aliphatic heterocycles. The van der Waals surface area contributed by atoms with E-state index in [-0.39, 0.29) is 21.7 Å². The van der Waals surface area contributed by atoms with Crippen LogP contribution in [0.25, 0.3) is 0 Å². The molecule has 14 heavy (non-hydrogen) atoms. The Morgan fingerprint density at radius 3 is 2.71 bits per heavy atom. The van der Waals surface area contributed by atoms with Gasteiger partial charge >= 0.3 is 0 Å². The molecule has 0 spiro atoms. The van der Waals surface area contributed by atoms with Crippen LogP contribution in [-0.4, -0.2) is 11.3 Å². The number of hydrogen-bond donors (Lipinski definition) is 0. The smallest absolute Gasteiger partial charge is 0.266 e. The summed E-state index contributed by atoms with van der Waals surface area (Å²) in [6.07, 6.45) is -2.20. The SMILES string of the molecule is O=Cc1nc(Cl)c(C(F)F)cc1CBr. The largest absolute Gasteiger partial charge is 0.296 e. The van der Waals surface area contributed by atoms with Crippen molar-refractivity contribution >= 4 is 33.8 Å². The Kier molecular flexibility index (Phi) is 3.95. The normalized spacial score (nSPS) is 10.6. The molecule has 1 aromatic rings. The Morgan fingerprint density at radius 2 is 2.29 bits per heavy atom. The Bertz CT molecular complexity index is 359. The number of aromatic nitrogens is 1. The molecule has 0 radical (unpaired) electrons. The Balaban J connectivity index is 3.30. The standard InChI is InChI=1S/C8H5BrClF2NO/c9-2-4-1-5(8(11)12)7(10)13-6(4)3-14/h1,3,8H,2H2. The van der Waals surface area contributed by atoms with E-state index in [2.05, 4.69) is 20.9 Å². The quantitative estimate of drug-likeness (QED) is 0.484. The molecule has 0 aliphatic rings. The molecular formula is C8H5BrClF2NO. The fourth-order valence-electron chi connectivity index (χ4n) is 0.925. The van der Waals surface area contributed by atoms with Gasteiger partial charge in [0.05, 0.1) is 5.56 Å². The van der Waals surface area contributed by atoms with Crippen LogP contribution in [0.3, 0.4) is 0 Å². The molecule has 0 atom stereocenters. The first-order chi connectivity index (χ1) is 6.60. The highest BCUT2D eigenvalue weighted by Gasteiger charge is 2.16. The van der Waals surface area contributed by atoms with E-state index in [9.17, 15) is 13.6 Å². The first kappa shape index (κ1) is 11.5. The molecule has 2 nitrogen and oxygen atoms in total. The van der Waals surface area contributed by atoms with Crippen LogP contribution in [0.4, 0.5) is 8.78 Å². The first-order valence-electron chi connectivity index (χ1n) is 3.58. The summed E-state index contributed by atoms with van der Waals surface area (Å²) >= 11 is 8.54. The maximum absolute atomic E-state index is 12.4. The number of halogens is 4. The zero-order valence-electron chi connectivity index (χ0n) is 6.81. The van der Waals surface area contributed by atoms with Crippen molar-refractivity contribution in [2.75, 3.05) is 0 Å². The highest BCUT2D eigenvalue weighted by molar-refractivity contribution is 9.08. The van der Waals surface area contributed by atoms with Gasteiger partial charge in [-0.1, -0.05) is 27.5 Å². The minimum Gasteiger partial charge on any atom is -0.296 e. The topological polar surface area (TPSA) is 30.0 Å². The van der Waals surface area contributed by atoms with E-state index >= 15 is 0 Å². The zero-order chi connectivity index (χ0) is 10.7. The Labute approximate surface area is 92.4 Å². The van der Waals surface area contributed by atoms with Gasteiger partial charge in [0, 0.05) is 5.33 Å². The molecule has 0 aromatic carbocycles. The molecule has 0 unspecified atom stereocenters. The van der Waals surface area contributed by atoms with Gasteiger partial charge in [-0.25, -0.2) is 13.8 Å². The van der Waals surface area contributed by atoms with Gasteiger partial charge in [-0.2, -0.15) is 0 Å². The number of hydrogen-bond acceptors (Lipinski definition) is 2. The van der Waals surface area contributed by atoms with Crippen molar-refractivity contribution in [1.29, 1.82) is 0 Å². The Hall–Kier alpha value is -0.550. The maximum Gasteiger partial charge on any atom is 0.266 e. The molecule has 0 aliphatic carbocycles. The number of carbonyl (C=O) groups excluding carboxylic acids is 1. The summed E-state index contributed by atoms with van der Waals surface area (Å²) in [7, 11) is 0. The van der Waals surface area contributed by atoms with Crippen molar-refractivity contribution in [1.82, 2.24) is 4.98 Å². The average molecular weight is 284 g/mol. The summed E-state index contributed by atoms with van der Waals surface area (Å²) < 4.78 is 24.7. The van der Waals surface area contributed by atoms with E-state index in [0.717, 1.165) is 0 Å². The summed E-state index contributed by atoms with van der Waals surface area (Å²) in [5, 5.41) is -0.0443. The number of carbonyl (C=O) groups is 1. The van der Waals surface area contributed by atoms with Crippen molar-refractivity contribution in [2.45, 2.75) is 11.8 Å². The fraction of sp³-hybridized carbons (Fsp3) is 0.250. The molecule has 0 saturated heterocycles. The lowest BCUT2D eigenvalue weighted by Gasteiger charge is -2.06. The van der Waals surface area contributed by atoms with Gasteiger partial charge in [0.1, 0.15) is 10.8 Å². The predicted molar refractivity (Wildman–Crippen MR) is 52.2 cm³/mol. The second-order valence-corrected chi connectivity index (χ2v) is 3.38. The molecule has 1 aromatic heterocycles. The fourth-order valence-corrected chi connectivity index (χ4v) is 1.60. The van der Waals surface area contributed by atoms with Crippen molar-refractivity contribution in [3.63, 3.8) is 0 Å². The second-order valence-electron chi connectivity index (χ2n) is 2.46. The first-order valence-corrected chi connectivity index (χ1v) is 5.08. The van der Waals surface area contributed by atoms with Gasteiger partial charge in [-0.15, -0.1) is 0 Å². The van der Waals surface area contributed by atoms with E-state index in [0.29, 0.717) is 11.8 Å². The van der Waals surface area contributed by atoms with Gasteiger partial charge in [0.2, 0.25) is 0 Å². The number of pyridine rings is 1. The molecule has 1 heterocycles. The molecule has 6 heteroatoms. The third-order valence-corrected chi connectivity index (χ3v) is 2.51. The summed E-state index contributed by atoms with van der Waals surface area (Å²) in [6.45, 7) is 0. The average Bonchev–Trinajstić information content (AvgIpc) is 2.16. The van der Waals surface area contributed by atoms with Crippen LogP contribution < -0.4 is 0 Å². The molecule has 0 amide bonds. The molecule has 76 valence electrons. The minimum absolute atomic E-state index is 0.0799. The Morgan fingerprint density at radius 1 is 1.64 bits per heavy atom. The van der Waals surface area contributed by atoms with Crippen LogP contribution in [-0.2, 0) is 5.33 Å².